The standard InChI is InChI=1S/C36H49F2NO5/c1-21-15-29-35(43,31(21)42)18-24(20-40)16-26-30-33(3,4)34(30,17-22(2)36(26,29)44)19-28(41)27(39)10-8-6-5-7-9-23-11-13-25(14-12-23)32(37)38/h11-16,22,26-27,29-30,32,40,43-44H,5-10,17-20,39H2,1-4H3/t22-,26+,27+,29-,30-,34+,35-,36-/m1/s1. The van der Waals surface area contributed by atoms with E-state index in [-0.39, 0.29) is 52.8 Å². The molecule has 0 heterocycles. The Hall–Kier alpha value is -2.26. The fourth-order valence-electron chi connectivity index (χ4n) is 9.53. The minimum absolute atomic E-state index is 0.0126. The lowest BCUT2D eigenvalue weighted by atomic mass is 9.58. The number of aryl methyl sites for hydroxylation is 1. The molecule has 8 atom stereocenters. The van der Waals surface area contributed by atoms with Gasteiger partial charge < -0.3 is 21.1 Å². The molecular formula is C36H49F2NO5. The van der Waals surface area contributed by atoms with E-state index in [1.165, 1.54) is 12.1 Å². The molecule has 0 unspecified atom stereocenters. The number of benzene rings is 1. The molecule has 4 aliphatic rings. The number of halogens is 2. The number of carbonyl (C=O) groups is 2. The maximum absolute atomic E-state index is 13.6. The summed E-state index contributed by atoms with van der Waals surface area (Å²) < 4.78 is 25.5. The minimum Gasteiger partial charge on any atom is -0.392 e. The monoisotopic (exact) mass is 613 g/mol. The highest BCUT2D eigenvalue weighted by Crippen LogP contribution is 2.81. The lowest BCUT2D eigenvalue weighted by Gasteiger charge is -2.51. The number of aliphatic hydroxyl groups is 3. The van der Waals surface area contributed by atoms with Gasteiger partial charge in [-0.25, -0.2) is 8.78 Å². The smallest absolute Gasteiger partial charge is 0.263 e. The van der Waals surface area contributed by atoms with Crippen LogP contribution in [0.2, 0.25) is 0 Å². The van der Waals surface area contributed by atoms with Crippen LogP contribution < -0.4 is 5.73 Å². The van der Waals surface area contributed by atoms with Crippen molar-refractivity contribution in [1.29, 1.82) is 0 Å². The Labute approximate surface area is 259 Å². The van der Waals surface area contributed by atoms with Gasteiger partial charge in [0.2, 0.25) is 0 Å². The molecule has 0 amide bonds. The molecule has 2 saturated carbocycles. The van der Waals surface area contributed by atoms with Crippen LogP contribution in [0.5, 0.6) is 0 Å². The average Bonchev–Trinajstić information content (AvgIpc) is 3.38. The molecule has 4 aliphatic carbocycles. The van der Waals surface area contributed by atoms with E-state index in [1.54, 1.807) is 25.1 Å². The summed E-state index contributed by atoms with van der Waals surface area (Å²) in [5.41, 5.74) is 4.69. The van der Waals surface area contributed by atoms with E-state index < -0.39 is 35.5 Å². The Morgan fingerprint density at radius 1 is 1.07 bits per heavy atom. The zero-order valence-electron chi connectivity index (χ0n) is 26.5. The molecule has 0 saturated heterocycles. The number of hydrogen-bond acceptors (Lipinski definition) is 6. The number of fused-ring (bicyclic) bond motifs is 5. The Bertz CT molecular complexity index is 1340. The summed E-state index contributed by atoms with van der Waals surface area (Å²) in [6, 6.07) is 5.91. The molecule has 2 fully saturated rings. The van der Waals surface area contributed by atoms with Crippen LogP contribution in [-0.4, -0.2) is 50.7 Å². The molecule has 1 aromatic carbocycles. The molecule has 44 heavy (non-hydrogen) atoms. The first-order chi connectivity index (χ1) is 20.6. The molecule has 1 aromatic rings. The highest BCUT2D eigenvalue weighted by atomic mass is 19.3. The van der Waals surface area contributed by atoms with Gasteiger partial charge in [-0.1, -0.05) is 76.5 Å². The van der Waals surface area contributed by atoms with Crippen molar-refractivity contribution in [3.63, 3.8) is 0 Å². The van der Waals surface area contributed by atoms with E-state index in [1.807, 2.05) is 13.0 Å². The third-order valence-electron chi connectivity index (χ3n) is 12.1. The fourth-order valence-corrected chi connectivity index (χ4v) is 9.53. The van der Waals surface area contributed by atoms with Crippen molar-refractivity contribution in [3.05, 3.63) is 58.7 Å². The van der Waals surface area contributed by atoms with Gasteiger partial charge in [-0.05, 0) is 72.0 Å². The number of aliphatic hydroxyl groups excluding tert-OH is 1. The first kappa shape index (κ1) is 33.1. The van der Waals surface area contributed by atoms with Gasteiger partial charge in [0.25, 0.3) is 6.43 Å². The quantitative estimate of drug-likeness (QED) is 0.179. The maximum atomic E-state index is 13.6. The van der Waals surface area contributed by atoms with Gasteiger partial charge in [0.1, 0.15) is 11.4 Å². The number of ketones is 2. The van der Waals surface area contributed by atoms with Crippen molar-refractivity contribution in [2.45, 2.75) is 109 Å². The van der Waals surface area contributed by atoms with Crippen LogP contribution in [0.1, 0.15) is 96.6 Å². The van der Waals surface area contributed by atoms with E-state index in [9.17, 15) is 33.7 Å². The first-order valence-corrected chi connectivity index (χ1v) is 16.3. The van der Waals surface area contributed by atoms with E-state index in [0.717, 1.165) is 37.7 Å². The van der Waals surface area contributed by atoms with Gasteiger partial charge in [0.05, 0.1) is 18.2 Å². The van der Waals surface area contributed by atoms with E-state index in [2.05, 4.69) is 13.8 Å². The second-order valence-corrected chi connectivity index (χ2v) is 14.9. The lowest BCUT2D eigenvalue weighted by Crippen LogP contribution is -2.60. The average molecular weight is 614 g/mol. The molecule has 0 aliphatic heterocycles. The van der Waals surface area contributed by atoms with Crippen molar-refractivity contribution >= 4 is 11.6 Å². The zero-order chi connectivity index (χ0) is 32.2. The largest absolute Gasteiger partial charge is 0.392 e. The summed E-state index contributed by atoms with van der Waals surface area (Å²) in [6.45, 7) is 7.60. The Morgan fingerprint density at radius 3 is 2.36 bits per heavy atom. The third kappa shape index (κ3) is 5.23. The summed E-state index contributed by atoms with van der Waals surface area (Å²) in [7, 11) is 0. The number of hydrogen-bond donors (Lipinski definition) is 4. The molecule has 6 nitrogen and oxygen atoms in total. The number of alkyl halides is 2. The van der Waals surface area contributed by atoms with E-state index in [0.29, 0.717) is 30.4 Å². The number of Topliss-reactive ketones (excluding diaryl/α,β-unsaturated/α-hetero) is 2. The fraction of sp³-hybridized carbons (Fsp3) is 0.667. The van der Waals surface area contributed by atoms with Gasteiger partial charge in [0.15, 0.2) is 5.78 Å². The Balaban J connectivity index is 1.21. The summed E-state index contributed by atoms with van der Waals surface area (Å²) in [5.74, 6) is -1.93. The van der Waals surface area contributed by atoms with Crippen molar-refractivity contribution in [2.24, 2.45) is 40.2 Å². The van der Waals surface area contributed by atoms with Crippen molar-refractivity contribution in [3.8, 4) is 0 Å². The first-order valence-electron chi connectivity index (χ1n) is 16.3. The molecule has 8 heteroatoms. The summed E-state index contributed by atoms with van der Waals surface area (Å²) >= 11 is 0. The molecule has 5 rings (SSSR count). The van der Waals surface area contributed by atoms with Crippen LogP contribution in [-0.2, 0) is 16.0 Å². The zero-order valence-corrected chi connectivity index (χ0v) is 26.5. The molecule has 242 valence electrons. The molecular weight excluding hydrogens is 564 g/mol. The number of carbonyl (C=O) groups excluding carboxylic acids is 2. The summed E-state index contributed by atoms with van der Waals surface area (Å²) in [4.78, 5) is 26.7. The summed E-state index contributed by atoms with van der Waals surface area (Å²) in [6.07, 6.45) is 7.18. The summed E-state index contributed by atoms with van der Waals surface area (Å²) in [5, 5.41) is 34.4. The van der Waals surface area contributed by atoms with Crippen molar-refractivity contribution in [2.75, 3.05) is 6.61 Å². The second kappa shape index (κ2) is 11.8. The van der Waals surface area contributed by atoms with Crippen LogP contribution in [0, 0.1) is 34.5 Å². The molecule has 0 bridgehead atoms. The normalized spacial score (nSPS) is 36.1. The molecule has 0 radical (unpaired) electrons. The highest BCUT2D eigenvalue weighted by molar-refractivity contribution is 6.04. The van der Waals surface area contributed by atoms with Crippen molar-refractivity contribution in [1.82, 2.24) is 0 Å². The maximum Gasteiger partial charge on any atom is 0.263 e. The number of nitrogens with two attached hydrogens (primary N) is 1. The Morgan fingerprint density at radius 2 is 1.73 bits per heavy atom. The lowest BCUT2D eigenvalue weighted by molar-refractivity contribution is -0.173. The van der Waals surface area contributed by atoms with Gasteiger partial charge in [0, 0.05) is 30.2 Å². The van der Waals surface area contributed by atoms with Gasteiger partial charge in [-0.3, -0.25) is 9.59 Å². The predicted octanol–water partition coefficient (Wildman–Crippen LogP) is 5.63. The van der Waals surface area contributed by atoms with Crippen LogP contribution in [0.25, 0.3) is 0 Å². The number of rotatable bonds is 12. The molecule has 0 spiro atoms. The third-order valence-corrected chi connectivity index (χ3v) is 12.1. The second-order valence-electron chi connectivity index (χ2n) is 14.9. The predicted molar refractivity (Wildman–Crippen MR) is 165 cm³/mol. The molecule has 5 N–H and O–H groups in total. The molecule has 0 aromatic heterocycles. The van der Waals surface area contributed by atoms with Crippen LogP contribution in [0.15, 0.2) is 47.6 Å². The topological polar surface area (TPSA) is 121 Å². The Kier molecular flexibility index (Phi) is 8.90. The number of unbranched alkanes of at least 4 members (excludes halogenated alkanes) is 3. The van der Waals surface area contributed by atoms with Crippen molar-refractivity contribution < 1.29 is 33.7 Å². The SMILES string of the molecule is CC1=C[C@H]2[C@@]3(O)[C@H](C)C[C@]4(CC(=O)[C@@H](N)CCCCCCc5ccc(C(F)F)cc5)[C@H]([C@@H]3C=C(CO)C[C@]2(O)C1=O)C4(C)C. The van der Waals surface area contributed by atoms with E-state index >= 15 is 0 Å². The van der Waals surface area contributed by atoms with Gasteiger partial charge >= 0.3 is 0 Å². The van der Waals surface area contributed by atoms with E-state index in [4.69, 9.17) is 5.73 Å². The van der Waals surface area contributed by atoms with Gasteiger partial charge in [-0.15, -0.1) is 0 Å². The highest BCUT2D eigenvalue weighted by Gasteiger charge is 2.80. The minimum atomic E-state index is -2.45. The van der Waals surface area contributed by atoms with Crippen LogP contribution in [0.4, 0.5) is 8.78 Å². The van der Waals surface area contributed by atoms with Gasteiger partial charge in [-0.2, -0.15) is 0 Å². The van der Waals surface area contributed by atoms with Crippen LogP contribution in [0.3, 0.4) is 0 Å². The van der Waals surface area contributed by atoms with Crippen LogP contribution >= 0.6 is 0 Å².